The van der Waals surface area contributed by atoms with Crippen molar-refractivity contribution in [3.63, 3.8) is 0 Å². The van der Waals surface area contributed by atoms with Crippen LogP contribution in [-0.2, 0) is 20.7 Å². The van der Waals surface area contributed by atoms with Crippen LogP contribution in [-0.4, -0.2) is 39.7 Å². The minimum Gasteiger partial charge on any atom is -0.482 e. The molecule has 3 rings (SSSR count). The van der Waals surface area contributed by atoms with E-state index in [9.17, 15) is 9.59 Å². The van der Waals surface area contributed by atoms with Crippen LogP contribution in [0.1, 0.15) is 35.9 Å². The maximum absolute atomic E-state index is 12.5. The van der Waals surface area contributed by atoms with Crippen molar-refractivity contribution in [2.45, 2.75) is 33.6 Å². The molecule has 1 N–H and O–H groups in total. The van der Waals surface area contributed by atoms with Gasteiger partial charge in [0.25, 0.3) is 0 Å². The topological polar surface area (TPSA) is 119 Å². The van der Waals surface area contributed by atoms with E-state index in [1.165, 1.54) is 6.20 Å². The molecule has 0 atom stereocenters. The zero-order valence-electron chi connectivity index (χ0n) is 17.6. The lowest BCUT2D eigenvalue weighted by Crippen LogP contribution is -2.15. The Morgan fingerprint density at radius 1 is 1.29 bits per heavy atom. The molecule has 1 aromatic carbocycles. The van der Waals surface area contributed by atoms with Gasteiger partial charge in [0.05, 0.1) is 12.8 Å². The van der Waals surface area contributed by atoms with Crippen LogP contribution < -0.4 is 10.1 Å². The number of esters is 1. The predicted molar refractivity (Wildman–Crippen MR) is 113 cm³/mol. The van der Waals surface area contributed by atoms with Crippen LogP contribution >= 0.6 is 0 Å². The molecule has 9 nitrogen and oxygen atoms in total. The van der Waals surface area contributed by atoms with Crippen molar-refractivity contribution >= 4 is 23.2 Å². The summed E-state index contributed by atoms with van der Waals surface area (Å²) in [5.41, 5.74) is 4.04. The normalized spacial score (nSPS) is 10.5. The first kappa shape index (κ1) is 21.8. The second-order valence-electron chi connectivity index (χ2n) is 6.84. The number of ether oxygens (including phenoxy) is 2. The van der Waals surface area contributed by atoms with E-state index in [-0.39, 0.29) is 18.9 Å². The van der Waals surface area contributed by atoms with Crippen LogP contribution in [0.5, 0.6) is 5.75 Å². The van der Waals surface area contributed by atoms with Gasteiger partial charge < -0.3 is 14.8 Å². The van der Waals surface area contributed by atoms with Crippen LogP contribution in [0.25, 0.3) is 5.65 Å². The largest absolute Gasteiger partial charge is 0.482 e. The summed E-state index contributed by atoms with van der Waals surface area (Å²) in [6, 6.07) is 8.90. The van der Waals surface area contributed by atoms with Crippen molar-refractivity contribution in [3.05, 3.63) is 53.0 Å². The Morgan fingerprint density at radius 3 is 2.84 bits per heavy atom. The fraction of sp³-hybridized carbons (Fsp3) is 0.318. The molecule has 0 radical (unpaired) electrons. The fourth-order valence-electron chi connectivity index (χ4n) is 3.22. The zero-order valence-corrected chi connectivity index (χ0v) is 17.6. The first-order valence-electron chi connectivity index (χ1n) is 9.85. The van der Waals surface area contributed by atoms with Gasteiger partial charge in [-0.15, -0.1) is 0 Å². The number of fused-ring (bicyclic) bond motifs is 1. The summed E-state index contributed by atoms with van der Waals surface area (Å²) < 4.78 is 11.8. The number of rotatable bonds is 8. The SMILES string of the molecule is CCOC(=O)COc1cccc(NC(=O)CCc2c(C)nc3c(C#N)cnn3c2C)c1. The lowest BCUT2D eigenvalue weighted by atomic mass is 10.1. The molecule has 0 saturated heterocycles. The molecule has 1 amide bonds. The number of hydrogen-bond acceptors (Lipinski definition) is 7. The second kappa shape index (κ2) is 9.71. The van der Waals surface area contributed by atoms with Crippen molar-refractivity contribution in [2.24, 2.45) is 0 Å². The Morgan fingerprint density at radius 2 is 2.10 bits per heavy atom. The third-order valence-corrected chi connectivity index (χ3v) is 4.71. The average Bonchev–Trinajstić information content (AvgIpc) is 3.15. The quantitative estimate of drug-likeness (QED) is 0.556. The molecule has 160 valence electrons. The molecule has 2 heterocycles. The molecule has 0 spiro atoms. The van der Waals surface area contributed by atoms with Gasteiger partial charge in [0.15, 0.2) is 12.3 Å². The number of aromatic nitrogens is 3. The van der Waals surface area contributed by atoms with Gasteiger partial charge in [-0.1, -0.05) is 6.07 Å². The summed E-state index contributed by atoms with van der Waals surface area (Å²) in [6.45, 7) is 5.58. The molecule has 0 unspecified atom stereocenters. The molecule has 0 bridgehead atoms. The number of hydrogen-bond donors (Lipinski definition) is 1. The van der Waals surface area contributed by atoms with Gasteiger partial charge in [-0.3, -0.25) is 4.79 Å². The Balaban J connectivity index is 1.63. The summed E-state index contributed by atoms with van der Waals surface area (Å²) in [7, 11) is 0. The molecule has 0 fully saturated rings. The number of nitrogens with zero attached hydrogens (tertiary/aromatic N) is 4. The Hall–Kier alpha value is -3.93. The van der Waals surface area contributed by atoms with Crippen LogP contribution in [0, 0.1) is 25.2 Å². The fourth-order valence-corrected chi connectivity index (χ4v) is 3.22. The molecule has 0 aliphatic carbocycles. The average molecular weight is 421 g/mol. The maximum Gasteiger partial charge on any atom is 0.344 e. The minimum atomic E-state index is -0.452. The maximum atomic E-state index is 12.5. The molecule has 0 saturated carbocycles. The highest BCUT2D eigenvalue weighted by Crippen LogP contribution is 2.20. The minimum absolute atomic E-state index is 0.167. The van der Waals surface area contributed by atoms with Gasteiger partial charge in [-0.05, 0) is 44.9 Å². The summed E-state index contributed by atoms with van der Waals surface area (Å²) in [5.74, 6) is -0.161. The first-order chi connectivity index (χ1) is 14.9. The number of nitriles is 1. The van der Waals surface area contributed by atoms with Gasteiger partial charge >= 0.3 is 5.97 Å². The number of carbonyl (C=O) groups excluding carboxylic acids is 2. The lowest BCUT2D eigenvalue weighted by molar-refractivity contribution is -0.145. The van der Waals surface area contributed by atoms with Crippen LogP contribution in [0.3, 0.4) is 0 Å². The van der Waals surface area contributed by atoms with Crippen LogP contribution in [0.4, 0.5) is 5.69 Å². The number of amides is 1. The van der Waals surface area contributed by atoms with E-state index in [1.807, 2.05) is 13.8 Å². The summed E-state index contributed by atoms with van der Waals surface area (Å²) >= 11 is 0. The van der Waals surface area contributed by atoms with Gasteiger partial charge in [0.2, 0.25) is 5.91 Å². The Labute approximate surface area is 179 Å². The van der Waals surface area contributed by atoms with Crippen molar-refractivity contribution in [1.29, 1.82) is 5.26 Å². The highest BCUT2D eigenvalue weighted by atomic mass is 16.6. The van der Waals surface area contributed by atoms with Crippen LogP contribution in [0.2, 0.25) is 0 Å². The van der Waals surface area contributed by atoms with E-state index in [0.717, 1.165) is 17.0 Å². The molecule has 9 heteroatoms. The van der Waals surface area contributed by atoms with E-state index >= 15 is 0 Å². The van der Waals surface area contributed by atoms with Gasteiger partial charge in [0.1, 0.15) is 17.4 Å². The third-order valence-electron chi connectivity index (χ3n) is 4.71. The van der Waals surface area contributed by atoms with Gasteiger partial charge in [0, 0.05) is 29.6 Å². The predicted octanol–water partition coefficient (Wildman–Crippen LogP) is 2.73. The Kier molecular flexibility index (Phi) is 6.82. The number of aryl methyl sites for hydroxylation is 2. The molecular weight excluding hydrogens is 398 g/mol. The van der Waals surface area contributed by atoms with Crippen LogP contribution in [0.15, 0.2) is 30.5 Å². The highest BCUT2D eigenvalue weighted by molar-refractivity contribution is 5.91. The smallest absolute Gasteiger partial charge is 0.344 e. The number of carbonyl (C=O) groups is 2. The van der Waals surface area contributed by atoms with E-state index < -0.39 is 5.97 Å². The van der Waals surface area contributed by atoms with Gasteiger partial charge in [-0.25, -0.2) is 14.3 Å². The standard InChI is InChI=1S/C22H23N5O4/c1-4-30-21(29)13-31-18-7-5-6-17(10-18)26-20(28)9-8-19-14(2)25-22-16(11-23)12-24-27(22)15(19)3/h5-7,10,12H,4,8-9,13H2,1-3H3,(H,26,28). The van der Waals surface area contributed by atoms with Gasteiger partial charge in [-0.2, -0.15) is 10.4 Å². The lowest BCUT2D eigenvalue weighted by Gasteiger charge is -2.12. The third kappa shape index (κ3) is 5.17. The summed E-state index contributed by atoms with van der Waals surface area (Å²) in [5, 5.41) is 16.2. The van der Waals surface area contributed by atoms with Crippen molar-refractivity contribution in [2.75, 3.05) is 18.5 Å². The Bertz CT molecular complexity index is 1160. The van der Waals surface area contributed by atoms with Crippen molar-refractivity contribution in [3.8, 4) is 11.8 Å². The molecule has 0 aliphatic heterocycles. The first-order valence-corrected chi connectivity index (χ1v) is 9.85. The zero-order chi connectivity index (χ0) is 22.4. The highest BCUT2D eigenvalue weighted by Gasteiger charge is 2.15. The van der Waals surface area contributed by atoms with E-state index in [0.29, 0.717) is 35.7 Å². The second-order valence-corrected chi connectivity index (χ2v) is 6.84. The summed E-state index contributed by atoms with van der Waals surface area (Å²) in [6.07, 6.45) is 2.21. The van der Waals surface area contributed by atoms with E-state index in [4.69, 9.17) is 14.7 Å². The van der Waals surface area contributed by atoms with E-state index in [2.05, 4.69) is 21.5 Å². The number of benzene rings is 1. The number of nitrogens with one attached hydrogen (secondary N) is 1. The molecule has 0 aliphatic rings. The van der Waals surface area contributed by atoms with E-state index in [1.54, 1.807) is 35.7 Å². The molecule has 31 heavy (non-hydrogen) atoms. The van der Waals surface area contributed by atoms with Crippen molar-refractivity contribution in [1.82, 2.24) is 14.6 Å². The van der Waals surface area contributed by atoms with Crippen molar-refractivity contribution < 1.29 is 19.1 Å². The molecule has 2 aromatic heterocycles. The number of anilines is 1. The molecule has 3 aromatic rings. The molecular formula is C22H23N5O4. The summed E-state index contributed by atoms with van der Waals surface area (Å²) in [4.78, 5) is 28.4. The monoisotopic (exact) mass is 421 g/mol.